The van der Waals surface area contributed by atoms with Crippen LogP contribution in [0.5, 0.6) is 0 Å². The monoisotopic (exact) mass is 138 g/mol. The van der Waals surface area contributed by atoms with Gasteiger partial charge in [-0.15, -0.1) is 0 Å². The summed E-state index contributed by atoms with van der Waals surface area (Å²) >= 11 is 0. The van der Waals surface area contributed by atoms with E-state index in [2.05, 4.69) is 39.0 Å². The fraction of sp³-hybridized carbons (Fsp3) is 0.600. The van der Waals surface area contributed by atoms with Gasteiger partial charge in [-0.1, -0.05) is 43.6 Å². The van der Waals surface area contributed by atoms with Crippen molar-refractivity contribution in [1.82, 2.24) is 0 Å². The van der Waals surface area contributed by atoms with Gasteiger partial charge in [-0.2, -0.15) is 0 Å². The van der Waals surface area contributed by atoms with E-state index in [-0.39, 0.29) is 0 Å². The summed E-state index contributed by atoms with van der Waals surface area (Å²) in [4.78, 5) is 0. The fourth-order valence-electron chi connectivity index (χ4n) is 0.679. The van der Waals surface area contributed by atoms with Crippen LogP contribution in [0.2, 0.25) is 0 Å². The fourth-order valence-corrected chi connectivity index (χ4v) is 0.679. The van der Waals surface area contributed by atoms with Crippen molar-refractivity contribution in [3.63, 3.8) is 0 Å². The van der Waals surface area contributed by atoms with E-state index in [9.17, 15) is 0 Å². The average molecular weight is 138 g/mol. The predicted octanol–water partition coefficient (Wildman–Crippen LogP) is 3.70. The second kappa shape index (κ2) is 6.60. The number of allylic oxidation sites excluding steroid dienone is 4. The van der Waals surface area contributed by atoms with Crippen LogP contribution in [0.4, 0.5) is 0 Å². The Labute approximate surface area is 64.6 Å². The summed E-state index contributed by atoms with van der Waals surface area (Å²) < 4.78 is 0. The molecule has 0 radical (unpaired) electrons. The van der Waals surface area contributed by atoms with Gasteiger partial charge >= 0.3 is 0 Å². The highest BCUT2D eigenvalue weighted by Crippen LogP contribution is 1.96. The Morgan fingerprint density at radius 2 is 2.00 bits per heavy atom. The molecule has 0 aliphatic carbocycles. The first-order valence-electron chi connectivity index (χ1n) is 4.07. The highest BCUT2D eigenvalue weighted by molar-refractivity contribution is 5.07. The molecule has 58 valence electrons. The molecular weight excluding hydrogens is 120 g/mol. The Hall–Kier alpha value is -0.520. The van der Waals surface area contributed by atoms with Crippen molar-refractivity contribution in [1.29, 1.82) is 0 Å². The molecular formula is C10H18. The summed E-state index contributed by atoms with van der Waals surface area (Å²) in [6.45, 7) is 6.45. The van der Waals surface area contributed by atoms with Crippen LogP contribution in [0.25, 0.3) is 0 Å². The third-order valence-electron chi connectivity index (χ3n) is 1.29. The molecule has 0 spiro atoms. The molecule has 0 amide bonds. The number of unbranched alkanes of at least 4 members (excludes halogenated alkanes) is 2. The standard InChI is InChI=1S/C10H18/c1-4-5-6-7-8-9-10(2)3/h7-9H,4-6H2,1-3H3/b8-7-. The lowest BCUT2D eigenvalue weighted by Gasteiger charge is -1.86. The molecule has 0 heteroatoms. The lowest BCUT2D eigenvalue weighted by atomic mass is 10.2. The van der Waals surface area contributed by atoms with Gasteiger partial charge in [0.1, 0.15) is 0 Å². The van der Waals surface area contributed by atoms with Crippen molar-refractivity contribution < 1.29 is 0 Å². The molecule has 0 fully saturated rings. The second-order valence-corrected chi connectivity index (χ2v) is 2.81. The van der Waals surface area contributed by atoms with Gasteiger partial charge in [-0.3, -0.25) is 0 Å². The number of rotatable bonds is 4. The molecule has 0 aliphatic rings. The molecule has 10 heavy (non-hydrogen) atoms. The van der Waals surface area contributed by atoms with Gasteiger partial charge in [0, 0.05) is 0 Å². The van der Waals surface area contributed by atoms with Crippen LogP contribution in [0.3, 0.4) is 0 Å². The van der Waals surface area contributed by atoms with Gasteiger partial charge in [0.05, 0.1) is 0 Å². The normalized spacial score (nSPS) is 10.3. The lowest BCUT2D eigenvalue weighted by Crippen LogP contribution is -1.66. The predicted molar refractivity (Wildman–Crippen MR) is 48.1 cm³/mol. The minimum Gasteiger partial charge on any atom is -0.0845 e. The molecule has 0 heterocycles. The summed E-state index contributed by atoms with van der Waals surface area (Å²) in [5, 5.41) is 0. The first-order chi connectivity index (χ1) is 4.77. The molecule has 0 aliphatic heterocycles. The minimum absolute atomic E-state index is 1.22. The summed E-state index contributed by atoms with van der Waals surface area (Å²) in [6.07, 6.45) is 10.4. The highest BCUT2D eigenvalue weighted by atomic mass is 13.8. The van der Waals surface area contributed by atoms with Crippen molar-refractivity contribution in [3.8, 4) is 0 Å². The molecule has 0 aromatic rings. The van der Waals surface area contributed by atoms with Gasteiger partial charge in [-0.05, 0) is 20.3 Å². The van der Waals surface area contributed by atoms with E-state index in [1.54, 1.807) is 0 Å². The molecule has 0 bridgehead atoms. The van der Waals surface area contributed by atoms with Crippen LogP contribution < -0.4 is 0 Å². The topological polar surface area (TPSA) is 0 Å². The maximum absolute atomic E-state index is 2.23. The minimum atomic E-state index is 1.22. The molecule has 0 unspecified atom stereocenters. The smallest absolute Gasteiger partial charge is 0.0348 e. The molecule has 0 rings (SSSR count). The number of hydrogen-bond donors (Lipinski definition) is 0. The summed E-state index contributed by atoms with van der Waals surface area (Å²) in [5.74, 6) is 0. The second-order valence-electron chi connectivity index (χ2n) is 2.81. The molecule has 0 aromatic carbocycles. The summed E-state index contributed by atoms with van der Waals surface area (Å²) in [7, 11) is 0. The third-order valence-corrected chi connectivity index (χ3v) is 1.29. The van der Waals surface area contributed by atoms with Crippen molar-refractivity contribution >= 4 is 0 Å². The van der Waals surface area contributed by atoms with E-state index in [4.69, 9.17) is 0 Å². The van der Waals surface area contributed by atoms with E-state index in [1.165, 1.54) is 24.8 Å². The average Bonchev–Trinajstić information content (AvgIpc) is 1.87. The third kappa shape index (κ3) is 7.48. The number of hydrogen-bond acceptors (Lipinski definition) is 0. The van der Waals surface area contributed by atoms with Crippen LogP contribution in [-0.2, 0) is 0 Å². The molecule has 0 saturated carbocycles. The maximum atomic E-state index is 2.23. The van der Waals surface area contributed by atoms with E-state index in [0.29, 0.717) is 0 Å². The molecule has 0 N–H and O–H groups in total. The summed E-state index contributed by atoms with van der Waals surface area (Å²) in [5.41, 5.74) is 1.37. The van der Waals surface area contributed by atoms with Crippen molar-refractivity contribution in [2.45, 2.75) is 40.0 Å². The summed E-state index contributed by atoms with van der Waals surface area (Å²) in [6, 6.07) is 0. The van der Waals surface area contributed by atoms with Crippen LogP contribution in [0.15, 0.2) is 23.8 Å². The van der Waals surface area contributed by atoms with E-state index in [1.807, 2.05) is 0 Å². The Bertz CT molecular complexity index is 114. The SMILES string of the molecule is CCCC/C=C\C=C(C)C. The van der Waals surface area contributed by atoms with Crippen molar-refractivity contribution in [2.75, 3.05) is 0 Å². The zero-order valence-electron chi connectivity index (χ0n) is 7.35. The van der Waals surface area contributed by atoms with Gasteiger partial charge in [0.25, 0.3) is 0 Å². The maximum Gasteiger partial charge on any atom is -0.0348 e. The highest BCUT2D eigenvalue weighted by Gasteiger charge is 1.75. The zero-order valence-corrected chi connectivity index (χ0v) is 7.35. The molecule has 0 atom stereocenters. The van der Waals surface area contributed by atoms with Gasteiger partial charge in [0.15, 0.2) is 0 Å². The van der Waals surface area contributed by atoms with Crippen molar-refractivity contribution in [3.05, 3.63) is 23.8 Å². The van der Waals surface area contributed by atoms with Gasteiger partial charge in [0.2, 0.25) is 0 Å². The zero-order chi connectivity index (χ0) is 7.82. The Morgan fingerprint density at radius 3 is 2.50 bits per heavy atom. The largest absolute Gasteiger partial charge is 0.0845 e. The lowest BCUT2D eigenvalue weighted by molar-refractivity contribution is 0.815. The Balaban J connectivity index is 3.29. The molecule has 0 saturated heterocycles. The van der Waals surface area contributed by atoms with Crippen LogP contribution >= 0.6 is 0 Å². The van der Waals surface area contributed by atoms with Crippen LogP contribution in [0.1, 0.15) is 40.0 Å². The van der Waals surface area contributed by atoms with E-state index >= 15 is 0 Å². The Kier molecular flexibility index (Phi) is 6.25. The van der Waals surface area contributed by atoms with Gasteiger partial charge in [-0.25, -0.2) is 0 Å². The van der Waals surface area contributed by atoms with Crippen LogP contribution in [0, 0.1) is 0 Å². The van der Waals surface area contributed by atoms with E-state index in [0.717, 1.165) is 0 Å². The first-order valence-corrected chi connectivity index (χ1v) is 4.07. The van der Waals surface area contributed by atoms with Crippen molar-refractivity contribution in [2.24, 2.45) is 0 Å². The first kappa shape index (κ1) is 9.48. The molecule has 0 aromatic heterocycles. The van der Waals surface area contributed by atoms with Gasteiger partial charge < -0.3 is 0 Å². The quantitative estimate of drug-likeness (QED) is 0.410. The Morgan fingerprint density at radius 1 is 1.30 bits per heavy atom. The van der Waals surface area contributed by atoms with Crippen LogP contribution in [-0.4, -0.2) is 0 Å². The molecule has 0 nitrogen and oxygen atoms in total. The van der Waals surface area contributed by atoms with E-state index < -0.39 is 0 Å².